The number of nitrogens with zero attached hydrogens (tertiary/aromatic N) is 3. The van der Waals surface area contributed by atoms with E-state index >= 15 is 0 Å². The summed E-state index contributed by atoms with van der Waals surface area (Å²) in [5.74, 6) is -0.265. The van der Waals surface area contributed by atoms with Crippen LogP contribution in [-0.2, 0) is 22.8 Å². The zero-order valence-electron chi connectivity index (χ0n) is 19.5. The molecule has 8 nitrogen and oxygen atoms in total. The highest BCUT2D eigenvalue weighted by Crippen LogP contribution is 2.25. The fourth-order valence-electron chi connectivity index (χ4n) is 4.11. The van der Waals surface area contributed by atoms with Crippen LogP contribution in [0.15, 0.2) is 65.7 Å². The molecule has 0 atom stereocenters. The molecule has 0 radical (unpaired) electrons. The number of fused-ring (bicyclic) bond motifs is 2. The van der Waals surface area contributed by atoms with Gasteiger partial charge in [-0.1, -0.05) is 17.7 Å². The van der Waals surface area contributed by atoms with Gasteiger partial charge in [-0.05, 0) is 61.0 Å². The number of aromatic nitrogens is 4. The molecule has 0 spiro atoms. The summed E-state index contributed by atoms with van der Waals surface area (Å²) in [5.41, 5.74) is 4.57. The van der Waals surface area contributed by atoms with E-state index in [1.165, 1.54) is 6.26 Å². The number of sulfone groups is 1. The van der Waals surface area contributed by atoms with Gasteiger partial charge in [0.2, 0.25) is 0 Å². The van der Waals surface area contributed by atoms with Crippen molar-refractivity contribution < 1.29 is 13.2 Å². The van der Waals surface area contributed by atoms with Gasteiger partial charge in [0.1, 0.15) is 0 Å². The summed E-state index contributed by atoms with van der Waals surface area (Å²) in [6.07, 6.45) is 3.10. The third-order valence-corrected chi connectivity index (χ3v) is 7.19. The second-order valence-corrected chi connectivity index (χ2v) is 11.1. The quantitative estimate of drug-likeness (QED) is 0.343. The normalized spacial score (nSPS) is 11.8. The molecule has 0 bridgehead atoms. The van der Waals surface area contributed by atoms with E-state index in [0.717, 1.165) is 33.2 Å². The zero-order chi connectivity index (χ0) is 25.4. The lowest BCUT2D eigenvalue weighted by molar-refractivity contribution is 0.0950. The van der Waals surface area contributed by atoms with Gasteiger partial charge in [0.05, 0.1) is 28.2 Å². The molecule has 0 saturated heterocycles. The third-order valence-electron chi connectivity index (χ3n) is 5.84. The fraction of sp³-hybridized carbons (Fsp3) is 0.154. The van der Waals surface area contributed by atoms with Gasteiger partial charge in [0.25, 0.3) is 5.91 Å². The number of H-pyrrole nitrogens is 1. The Labute approximate surface area is 212 Å². The molecule has 1 amide bonds. The Bertz CT molecular complexity index is 1750. The zero-order valence-corrected chi connectivity index (χ0v) is 21.1. The Morgan fingerprint density at radius 1 is 1.08 bits per heavy atom. The lowest BCUT2D eigenvalue weighted by atomic mass is 10.0. The number of aryl methyl sites for hydroxylation is 1. The molecule has 182 valence electrons. The maximum atomic E-state index is 12.9. The van der Waals surface area contributed by atoms with Crippen molar-refractivity contribution in [3.05, 3.63) is 94.0 Å². The van der Waals surface area contributed by atoms with Crippen LogP contribution in [0.25, 0.3) is 21.8 Å². The Balaban J connectivity index is 1.38. The number of carbonyl (C=O) groups excluding carboxylic acids is 1. The maximum absolute atomic E-state index is 12.9. The van der Waals surface area contributed by atoms with E-state index in [0.29, 0.717) is 28.2 Å². The molecule has 2 aromatic carbocycles. The van der Waals surface area contributed by atoms with Crippen molar-refractivity contribution >= 4 is 49.2 Å². The highest BCUT2D eigenvalue weighted by Gasteiger charge is 2.16. The number of hydrogen-bond donors (Lipinski definition) is 2. The first-order chi connectivity index (χ1) is 17.2. The van der Waals surface area contributed by atoms with Gasteiger partial charge in [0.15, 0.2) is 9.84 Å². The molecular formula is C26H22ClN5O3S. The van der Waals surface area contributed by atoms with Crippen LogP contribution in [0.5, 0.6) is 0 Å². The second-order valence-electron chi connectivity index (χ2n) is 8.65. The van der Waals surface area contributed by atoms with Gasteiger partial charge >= 0.3 is 0 Å². The van der Waals surface area contributed by atoms with Crippen molar-refractivity contribution in [1.29, 1.82) is 0 Å². The predicted molar refractivity (Wildman–Crippen MR) is 139 cm³/mol. The summed E-state index contributed by atoms with van der Waals surface area (Å²) in [4.78, 5) is 21.9. The molecule has 0 fully saturated rings. The maximum Gasteiger partial charge on any atom is 0.251 e. The average Bonchev–Trinajstić information content (AvgIpc) is 3.23. The van der Waals surface area contributed by atoms with Gasteiger partial charge in [-0.15, -0.1) is 0 Å². The van der Waals surface area contributed by atoms with Crippen molar-refractivity contribution in [2.24, 2.45) is 0 Å². The summed E-state index contributed by atoms with van der Waals surface area (Å²) < 4.78 is 24.9. The monoisotopic (exact) mass is 519 g/mol. The number of rotatable bonds is 6. The van der Waals surface area contributed by atoms with Crippen molar-refractivity contribution in [3.63, 3.8) is 0 Å². The molecule has 2 N–H and O–H groups in total. The van der Waals surface area contributed by atoms with E-state index in [2.05, 4.69) is 25.5 Å². The highest BCUT2D eigenvalue weighted by atomic mass is 35.5. The molecule has 3 heterocycles. The van der Waals surface area contributed by atoms with Crippen LogP contribution >= 0.6 is 11.6 Å². The number of nitrogens with one attached hydrogen (secondary N) is 2. The molecule has 3 aromatic heterocycles. The molecular weight excluding hydrogens is 498 g/mol. The van der Waals surface area contributed by atoms with Crippen molar-refractivity contribution in [2.45, 2.75) is 24.8 Å². The van der Waals surface area contributed by atoms with Crippen molar-refractivity contribution in [2.75, 3.05) is 6.26 Å². The third kappa shape index (κ3) is 4.93. The van der Waals surface area contributed by atoms with E-state index in [-0.39, 0.29) is 17.3 Å². The first kappa shape index (κ1) is 23.9. The Morgan fingerprint density at radius 2 is 1.92 bits per heavy atom. The van der Waals surface area contributed by atoms with Crippen LogP contribution < -0.4 is 5.32 Å². The van der Waals surface area contributed by atoms with E-state index in [1.54, 1.807) is 36.5 Å². The number of pyridine rings is 2. The first-order valence-corrected chi connectivity index (χ1v) is 13.4. The largest absolute Gasteiger partial charge is 0.346 e. The minimum absolute atomic E-state index is 0.180. The minimum Gasteiger partial charge on any atom is -0.346 e. The number of carbonyl (C=O) groups is 1. The van der Waals surface area contributed by atoms with Crippen LogP contribution in [0.3, 0.4) is 0 Å². The Kier molecular flexibility index (Phi) is 6.19. The van der Waals surface area contributed by atoms with Crippen LogP contribution in [0.1, 0.15) is 33.0 Å². The molecule has 5 aromatic rings. The predicted octanol–water partition coefficient (Wildman–Crippen LogP) is 4.39. The average molecular weight is 520 g/mol. The lowest BCUT2D eigenvalue weighted by Crippen LogP contribution is -2.23. The molecule has 10 heteroatoms. The molecule has 0 saturated carbocycles. The minimum atomic E-state index is -3.49. The molecule has 0 aliphatic carbocycles. The van der Waals surface area contributed by atoms with E-state index in [9.17, 15) is 13.2 Å². The summed E-state index contributed by atoms with van der Waals surface area (Å²) in [7, 11) is -3.49. The summed E-state index contributed by atoms with van der Waals surface area (Å²) in [6, 6.07) is 16.0. The van der Waals surface area contributed by atoms with E-state index in [1.807, 2.05) is 31.2 Å². The molecule has 0 unspecified atom stereocenters. The number of benzene rings is 2. The van der Waals surface area contributed by atoms with Crippen molar-refractivity contribution in [3.8, 4) is 0 Å². The lowest BCUT2D eigenvalue weighted by Gasteiger charge is -2.10. The molecule has 5 rings (SSSR count). The van der Waals surface area contributed by atoms with Crippen LogP contribution in [0.4, 0.5) is 0 Å². The number of halogens is 1. The van der Waals surface area contributed by atoms with Gasteiger partial charge in [-0.2, -0.15) is 5.10 Å². The van der Waals surface area contributed by atoms with Crippen LogP contribution in [0, 0.1) is 6.92 Å². The number of amides is 1. The van der Waals surface area contributed by atoms with Gasteiger partial charge in [-0.25, -0.2) is 8.42 Å². The topological polar surface area (TPSA) is 118 Å². The smallest absolute Gasteiger partial charge is 0.251 e. The summed E-state index contributed by atoms with van der Waals surface area (Å²) in [5, 5.41) is 12.2. The first-order valence-electron chi connectivity index (χ1n) is 11.1. The van der Waals surface area contributed by atoms with Gasteiger partial charge < -0.3 is 5.32 Å². The standard InChI is InChI=1S/C26H22ClN5O3S/c1-15-3-4-17-9-16(11-24(25(17)30-15)36(2,34)35)10-20-12-18(7-8-28-20)26(33)29-14-23-21-13-19(27)5-6-22(21)31-32-23/h3-9,11-13H,10,14H2,1-2H3,(H,29,33)(H,31,32). The molecule has 0 aliphatic heterocycles. The van der Waals surface area contributed by atoms with Gasteiger partial charge in [0, 0.05) is 51.6 Å². The molecule has 36 heavy (non-hydrogen) atoms. The van der Waals surface area contributed by atoms with Crippen LogP contribution in [-0.4, -0.2) is 40.7 Å². The van der Waals surface area contributed by atoms with Crippen molar-refractivity contribution in [1.82, 2.24) is 25.5 Å². The Morgan fingerprint density at radius 3 is 2.72 bits per heavy atom. The van der Waals surface area contributed by atoms with Gasteiger partial charge in [-0.3, -0.25) is 19.9 Å². The molecule has 0 aliphatic rings. The number of hydrogen-bond acceptors (Lipinski definition) is 6. The van der Waals surface area contributed by atoms with Crippen LogP contribution in [0.2, 0.25) is 5.02 Å². The highest BCUT2D eigenvalue weighted by molar-refractivity contribution is 7.91. The summed E-state index contributed by atoms with van der Waals surface area (Å²) in [6.45, 7) is 2.08. The fourth-order valence-corrected chi connectivity index (χ4v) is 5.16. The summed E-state index contributed by atoms with van der Waals surface area (Å²) >= 11 is 6.09. The van der Waals surface area contributed by atoms with E-state index < -0.39 is 9.84 Å². The van der Waals surface area contributed by atoms with E-state index in [4.69, 9.17) is 11.6 Å². The number of aromatic amines is 1. The Hall–Kier alpha value is -3.82. The second kappa shape index (κ2) is 9.33. The SMILES string of the molecule is Cc1ccc2cc(Cc3cc(C(=O)NCc4[nH]nc5ccc(Cl)cc45)ccn3)cc(S(C)(=O)=O)c2n1.